The van der Waals surface area contributed by atoms with Crippen molar-refractivity contribution < 1.29 is 8.42 Å². The molecule has 0 unspecified atom stereocenters. The van der Waals surface area contributed by atoms with E-state index < -0.39 is 10.0 Å². The molecule has 4 nitrogen and oxygen atoms in total. The molecule has 1 rings (SSSR count). The molecule has 0 bridgehead atoms. The predicted octanol–water partition coefficient (Wildman–Crippen LogP) is 2.46. The summed E-state index contributed by atoms with van der Waals surface area (Å²) in [5.41, 5.74) is 0. The van der Waals surface area contributed by atoms with Crippen LogP contribution in [0.4, 0.5) is 0 Å². The van der Waals surface area contributed by atoms with Crippen molar-refractivity contribution in [2.45, 2.75) is 59.4 Å². The molecule has 120 valence electrons. The standard InChI is InChI=1S/C15H32N2O2S/c1-5-7-14(3)12-20(18,19)16-15(4)11-17-9-6-8-13(2)10-17/h13-16H,5-12H2,1-4H3/t13-,14-,15+/m0/s1. The third kappa shape index (κ3) is 7.04. The van der Waals surface area contributed by atoms with Gasteiger partial charge in [0, 0.05) is 19.1 Å². The van der Waals surface area contributed by atoms with Crippen LogP contribution in [0.2, 0.25) is 0 Å². The Balaban J connectivity index is 2.38. The monoisotopic (exact) mass is 304 g/mol. The van der Waals surface area contributed by atoms with Gasteiger partial charge in [0.25, 0.3) is 0 Å². The van der Waals surface area contributed by atoms with E-state index in [2.05, 4.69) is 23.5 Å². The smallest absolute Gasteiger partial charge is 0.212 e. The van der Waals surface area contributed by atoms with Crippen molar-refractivity contribution in [1.82, 2.24) is 9.62 Å². The van der Waals surface area contributed by atoms with E-state index in [4.69, 9.17) is 0 Å². The first-order chi connectivity index (χ1) is 9.32. The first kappa shape index (κ1) is 17.9. The zero-order valence-corrected chi connectivity index (χ0v) is 14.4. The van der Waals surface area contributed by atoms with Crippen molar-refractivity contribution in [2.24, 2.45) is 11.8 Å². The molecule has 1 heterocycles. The molecule has 0 radical (unpaired) electrons. The molecule has 1 fully saturated rings. The van der Waals surface area contributed by atoms with Gasteiger partial charge in [-0.05, 0) is 44.6 Å². The fourth-order valence-corrected chi connectivity index (χ4v) is 4.88. The summed E-state index contributed by atoms with van der Waals surface area (Å²) in [4.78, 5) is 2.39. The Bertz CT molecular complexity index is 370. The van der Waals surface area contributed by atoms with E-state index in [0.717, 1.165) is 38.4 Å². The second-order valence-electron chi connectivity index (χ2n) is 6.70. The minimum Gasteiger partial charge on any atom is -0.301 e. The SMILES string of the molecule is CCC[C@H](C)CS(=O)(=O)N[C@H](C)CN1CCC[C@H](C)C1. The lowest BCUT2D eigenvalue weighted by atomic mass is 10.00. The largest absolute Gasteiger partial charge is 0.301 e. The summed E-state index contributed by atoms with van der Waals surface area (Å²) in [5, 5.41) is 0. The van der Waals surface area contributed by atoms with Gasteiger partial charge in [-0.3, -0.25) is 0 Å². The Morgan fingerprint density at radius 2 is 2.05 bits per heavy atom. The molecule has 0 saturated carbocycles. The van der Waals surface area contributed by atoms with Crippen LogP contribution >= 0.6 is 0 Å². The van der Waals surface area contributed by atoms with Gasteiger partial charge in [0.2, 0.25) is 10.0 Å². The van der Waals surface area contributed by atoms with Gasteiger partial charge in [0.05, 0.1) is 5.75 Å². The summed E-state index contributed by atoms with van der Waals surface area (Å²) >= 11 is 0. The van der Waals surface area contributed by atoms with Gasteiger partial charge < -0.3 is 4.90 Å². The van der Waals surface area contributed by atoms with Crippen LogP contribution < -0.4 is 4.72 Å². The Kier molecular flexibility index (Phi) is 7.48. The lowest BCUT2D eigenvalue weighted by Crippen LogP contribution is -2.46. The van der Waals surface area contributed by atoms with Crippen molar-refractivity contribution in [2.75, 3.05) is 25.4 Å². The Morgan fingerprint density at radius 3 is 2.65 bits per heavy atom. The topological polar surface area (TPSA) is 49.4 Å². The highest BCUT2D eigenvalue weighted by atomic mass is 32.2. The number of rotatable bonds is 8. The third-order valence-electron chi connectivity index (χ3n) is 3.94. The van der Waals surface area contributed by atoms with Crippen LogP contribution in [0.15, 0.2) is 0 Å². The number of likely N-dealkylation sites (tertiary alicyclic amines) is 1. The van der Waals surface area contributed by atoms with Crippen LogP contribution in [0.25, 0.3) is 0 Å². The Hall–Kier alpha value is -0.130. The van der Waals surface area contributed by atoms with E-state index in [0.29, 0.717) is 0 Å². The number of nitrogens with one attached hydrogen (secondary N) is 1. The second-order valence-corrected chi connectivity index (χ2v) is 8.50. The molecule has 1 aliphatic rings. The zero-order chi connectivity index (χ0) is 15.2. The maximum Gasteiger partial charge on any atom is 0.212 e. The van der Waals surface area contributed by atoms with E-state index in [9.17, 15) is 8.42 Å². The summed E-state index contributed by atoms with van der Waals surface area (Å²) in [7, 11) is -3.14. The molecule has 5 heteroatoms. The molecule has 0 amide bonds. The Labute approximate surface area is 125 Å². The number of nitrogens with zero attached hydrogens (tertiary/aromatic N) is 1. The fourth-order valence-electron chi connectivity index (χ4n) is 3.18. The first-order valence-corrected chi connectivity index (χ1v) is 9.70. The van der Waals surface area contributed by atoms with Gasteiger partial charge in [-0.25, -0.2) is 13.1 Å². The molecule has 1 aliphatic heterocycles. The van der Waals surface area contributed by atoms with Crippen LogP contribution in [-0.2, 0) is 10.0 Å². The number of sulfonamides is 1. The van der Waals surface area contributed by atoms with Gasteiger partial charge in [0.1, 0.15) is 0 Å². The Morgan fingerprint density at radius 1 is 1.35 bits per heavy atom. The molecule has 1 saturated heterocycles. The van der Waals surface area contributed by atoms with Crippen LogP contribution in [-0.4, -0.2) is 44.7 Å². The molecule has 3 atom stereocenters. The van der Waals surface area contributed by atoms with Gasteiger partial charge in [-0.2, -0.15) is 0 Å². The molecule has 0 spiro atoms. The normalized spacial score (nSPS) is 24.5. The van der Waals surface area contributed by atoms with Gasteiger partial charge in [-0.15, -0.1) is 0 Å². The minimum absolute atomic E-state index is 0.000809. The molecule has 0 aromatic carbocycles. The van der Waals surface area contributed by atoms with E-state index in [1.54, 1.807) is 0 Å². The molecular formula is C15H32N2O2S. The molecule has 0 aromatic heterocycles. The molecule has 0 aromatic rings. The second kappa shape index (κ2) is 8.35. The van der Waals surface area contributed by atoms with Crippen molar-refractivity contribution in [3.63, 3.8) is 0 Å². The van der Waals surface area contributed by atoms with Crippen LogP contribution in [0.5, 0.6) is 0 Å². The van der Waals surface area contributed by atoms with Crippen molar-refractivity contribution in [3.05, 3.63) is 0 Å². The highest BCUT2D eigenvalue weighted by molar-refractivity contribution is 7.89. The number of hydrogen-bond acceptors (Lipinski definition) is 3. The maximum absolute atomic E-state index is 12.1. The summed E-state index contributed by atoms with van der Waals surface area (Å²) in [6.07, 6.45) is 4.54. The van der Waals surface area contributed by atoms with Crippen molar-refractivity contribution >= 4 is 10.0 Å². The van der Waals surface area contributed by atoms with Crippen molar-refractivity contribution in [3.8, 4) is 0 Å². The number of piperidine rings is 1. The molecule has 0 aliphatic carbocycles. The van der Waals surface area contributed by atoms with Gasteiger partial charge >= 0.3 is 0 Å². The zero-order valence-electron chi connectivity index (χ0n) is 13.6. The van der Waals surface area contributed by atoms with Crippen LogP contribution in [0.3, 0.4) is 0 Å². The molecular weight excluding hydrogens is 272 g/mol. The molecule has 20 heavy (non-hydrogen) atoms. The van der Waals surface area contributed by atoms with Crippen LogP contribution in [0, 0.1) is 11.8 Å². The molecule has 1 N–H and O–H groups in total. The highest BCUT2D eigenvalue weighted by Gasteiger charge is 2.22. The van der Waals surface area contributed by atoms with Gasteiger partial charge in [-0.1, -0.05) is 27.2 Å². The van der Waals surface area contributed by atoms with Crippen LogP contribution in [0.1, 0.15) is 53.4 Å². The first-order valence-electron chi connectivity index (χ1n) is 8.04. The van der Waals surface area contributed by atoms with E-state index >= 15 is 0 Å². The summed E-state index contributed by atoms with van der Waals surface area (Å²) in [5.74, 6) is 1.22. The fraction of sp³-hybridized carbons (Fsp3) is 1.00. The van der Waals surface area contributed by atoms with Gasteiger partial charge in [0.15, 0.2) is 0 Å². The summed E-state index contributed by atoms with van der Waals surface area (Å²) in [6, 6.07) is -0.000809. The summed E-state index contributed by atoms with van der Waals surface area (Å²) < 4.78 is 27.0. The predicted molar refractivity (Wildman–Crippen MR) is 85.3 cm³/mol. The van der Waals surface area contributed by atoms with E-state index in [1.165, 1.54) is 12.8 Å². The van der Waals surface area contributed by atoms with E-state index in [1.807, 2.05) is 13.8 Å². The average Bonchev–Trinajstić information content (AvgIpc) is 2.26. The lowest BCUT2D eigenvalue weighted by Gasteiger charge is -2.32. The maximum atomic E-state index is 12.1. The van der Waals surface area contributed by atoms with E-state index in [-0.39, 0.29) is 17.7 Å². The minimum atomic E-state index is -3.14. The quantitative estimate of drug-likeness (QED) is 0.749. The number of hydrogen-bond donors (Lipinski definition) is 1. The average molecular weight is 305 g/mol. The van der Waals surface area contributed by atoms with Crippen molar-refractivity contribution in [1.29, 1.82) is 0 Å². The lowest BCUT2D eigenvalue weighted by molar-refractivity contribution is 0.174. The summed E-state index contributed by atoms with van der Waals surface area (Å²) in [6.45, 7) is 11.4. The third-order valence-corrected chi connectivity index (χ3v) is 5.71. The highest BCUT2D eigenvalue weighted by Crippen LogP contribution is 2.15.